The van der Waals surface area contributed by atoms with E-state index in [2.05, 4.69) is 36.3 Å². The van der Waals surface area contributed by atoms with Crippen molar-refractivity contribution < 1.29 is 18.0 Å². The maximum absolute atomic E-state index is 13.0. The number of nitrogens with one attached hydrogen (secondary N) is 2. The molecule has 7 nitrogen and oxygen atoms in total. The third-order valence-electron chi connectivity index (χ3n) is 6.27. The number of hydrogen-bond donors (Lipinski definition) is 2. The van der Waals surface area contributed by atoms with Crippen molar-refractivity contribution in [2.24, 2.45) is 0 Å². The first kappa shape index (κ1) is 27.8. The standard InChI is InChI=1S/C26H34N3O4SSi2/c1-34(32,33)23-10-8-20(9-11-23)21-6-5-7-22(18-21)24(30)28-14-15-35(16-17-36(2,3)4)25(31)29-26(19-27)12-13-26/h5-11,18H,12-17H2,1-4H3,(H,28,30)(H,29,31). The molecular formula is C26H34N3O4SSi2. The molecule has 191 valence electrons. The Labute approximate surface area is 216 Å². The number of hydrogen-bond acceptors (Lipinski definition) is 5. The van der Waals surface area contributed by atoms with Crippen molar-refractivity contribution in [3.8, 4) is 17.2 Å². The highest BCUT2D eigenvalue weighted by atomic mass is 32.2. The lowest BCUT2D eigenvalue weighted by Crippen LogP contribution is -2.45. The van der Waals surface area contributed by atoms with Gasteiger partial charge in [0.05, 0.1) is 11.0 Å². The van der Waals surface area contributed by atoms with Gasteiger partial charge < -0.3 is 10.6 Å². The van der Waals surface area contributed by atoms with Crippen molar-refractivity contribution in [2.45, 2.75) is 61.0 Å². The Bertz CT molecular complexity index is 1260. The van der Waals surface area contributed by atoms with Gasteiger partial charge >= 0.3 is 0 Å². The molecule has 0 saturated heterocycles. The lowest BCUT2D eigenvalue weighted by Gasteiger charge is -2.21. The van der Waals surface area contributed by atoms with Crippen LogP contribution in [0.5, 0.6) is 0 Å². The van der Waals surface area contributed by atoms with E-state index in [1.54, 1.807) is 42.5 Å². The summed E-state index contributed by atoms with van der Waals surface area (Å²) >= 11 is 0. The van der Waals surface area contributed by atoms with Crippen molar-refractivity contribution in [3.63, 3.8) is 0 Å². The molecule has 0 aliphatic heterocycles. The number of carbonyl (C=O) groups excluding carboxylic acids is 2. The maximum Gasteiger partial charge on any atom is 0.251 e. The quantitative estimate of drug-likeness (QED) is 0.402. The molecule has 36 heavy (non-hydrogen) atoms. The van der Waals surface area contributed by atoms with Crippen LogP contribution < -0.4 is 10.6 Å². The van der Waals surface area contributed by atoms with E-state index in [0.717, 1.165) is 23.2 Å². The van der Waals surface area contributed by atoms with Crippen LogP contribution >= 0.6 is 0 Å². The minimum atomic E-state index is -3.27. The van der Waals surface area contributed by atoms with E-state index in [1.807, 2.05) is 6.07 Å². The molecule has 2 amide bonds. The van der Waals surface area contributed by atoms with Crippen LogP contribution in [0.25, 0.3) is 11.1 Å². The average molecular weight is 541 g/mol. The molecule has 0 spiro atoms. The molecule has 2 aromatic carbocycles. The third kappa shape index (κ3) is 7.88. The summed E-state index contributed by atoms with van der Waals surface area (Å²) in [5.41, 5.74) is 1.47. The molecule has 2 aromatic rings. The van der Waals surface area contributed by atoms with Gasteiger partial charge in [0.15, 0.2) is 24.2 Å². The Balaban J connectivity index is 1.62. The third-order valence-corrected chi connectivity index (χ3v) is 12.1. The fraction of sp³-hybridized carbons (Fsp3) is 0.423. The predicted molar refractivity (Wildman–Crippen MR) is 147 cm³/mol. The monoisotopic (exact) mass is 540 g/mol. The summed E-state index contributed by atoms with van der Waals surface area (Å²) in [4.78, 5) is 26.1. The molecule has 1 aliphatic carbocycles. The Hall–Kier alpha value is -2.75. The number of sulfone groups is 1. The summed E-state index contributed by atoms with van der Waals surface area (Å²) in [6.07, 6.45) is 2.59. The van der Waals surface area contributed by atoms with Crippen molar-refractivity contribution in [1.82, 2.24) is 10.6 Å². The lowest BCUT2D eigenvalue weighted by molar-refractivity contribution is 0.0955. The molecule has 0 unspecified atom stereocenters. The Kier molecular flexibility index (Phi) is 8.59. The van der Waals surface area contributed by atoms with Gasteiger partial charge in [-0.2, -0.15) is 5.26 Å². The summed E-state index contributed by atoms with van der Waals surface area (Å²) in [5, 5.41) is 15.3. The summed E-state index contributed by atoms with van der Waals surface area (Å²) in [6, 6.07) is 18.5. The highest BCUT2D eigenvalue weighted by Crippen LogP contribution is 2.34. The first-order chi connectivity index (χ1) is 16.8. The number of carbonyl (C=O) groups is 2. The van der Waals surface area contributed by atoms with Gasteiger partial charge in [0.25, 0.3) is 5.91 Å². The maximum atomic E-state index is 13.0. The first-order valence-corrected chi connectivity index (χ1v) is 19.6. The summed E-state index contributed by atoms with van der Waals surface area (Å²) in [5.74, 6) is -0.216. The molecule has 1 fully saturated rings. The molecule has 0 heterocycles. The number of benzene rings is 2. The SMILES string of the molecule is C[Si](C)(C)CC[Si](CCNC(=O)c1cccc(-c2ccc(S(C)(=O)=O)cc2)c1)C(=O)NC1(C#N)CC1. The highest BCUT2D eigenvalue weighted by molar-refractivity contribution is 7.90. The van der Waals surface area contributed by atoms with E-state index in [1.165, 1.54) is 6.26 Å². The lowest BCUT2D eigenvalue weighted by atomic mass is 10.0. The zero-order chi connectivity index (χ0) is 26.6. The molecule has 1 radical (unpaired) electrons. The van der Waals surface area contributed by atoms with Gasteiger partial charge in [-0.25, -0.2) is 8.42 Å². The molecule has 0 atom stereocenters. The van der Waals surface area contributed by atoms with E-state index in [9.17, 15) is 23.3 Å². The van der Waals surface area contributed by atoms with Crippen LogP contribution in [0.3, 0.4) is 0 Å². The molecule has 1 aliphatic rings. The van der Waals surface area contributed by atoms with Gasteiger partial charge in [-0.15, -0.1) is 0 Å². The molecule has 3 rings (SSSR count). The van der Waals surface area contributed by atoms with Gasteiger partial charge in [0, 0.05) is 26.4 Å². The van der Waals surface area contributed by atoms with Crippen LogP contribution in [-0.2, 0) is 9.84 Å². The first-order valence-electron chi connectivity index (χ1n) is 12.1. The van der Waals surface area contributed by atoms with Crippen LogP contribution in [-0.4, -0.2) is 55.1 Å². The van der Waals surface area contributed by atoms with Crippen LogP contribution in [0.2, 0.25) is 37.8 Å². The predicted octanol–water partition coefficient (Wildman–Crippen LogP) is 4.67. The number of amides is 2. The molecule has 0 aromatic heterocycles. The van der Waals surface area contributed by atoms with Gasteiger partial charge in [-0.1, -0.05) is 56.0 Å². The Morgan fingerprint density at radius 3 is 2.28 bits per heavy atom. The minimum Gasteiger partial charge on any atom is -0.352 e. The molecule has 1 saturated carbocycles. The molecular weight excluding hydrogens is 507 g/mol. The van der Waals surface area contributed by atoms with Gasteiger partial charge in [-0.05, 0) is 54.3 Å². The van der Waals surface area contributed by atoms with E-state index in [4.69, 9.17) is 0 Å². The van der Waals surface area contributed by atoms with Crippen molar-refractivity contribution in [3.05, 3.63) is 54.1 Å². The highest BCUT2D eigenvalue weighted by Gasteiger charge is 2.45. The number of nitriles is 1. The second-order valence-corrected chi connectivity index (χ2v) is 21.0. The van der Waals surface area contributed by atoms with E-state index < -0.39 is 32.2 Å². The second kappa shape index (κ2) is 11.1. The molecule has 2 N–H and O–H groups in total. The normalized spacial score (nSPS) is 14.7. The van der Waals surface area contributed by atoms with Crippen molar-refractivity contribution >= 4 is 38.1 Å². The van der Waals surface area contributed by atoms with Gasteiger partial charge in [0.2, 0.25) is 0 Å². The van der Waals surface area contributed by atoms with Crippen LogP contribution in [0.4, 0.5) is 4.79 Å². The fourth-order valence-electron chi connectivity index (χ4n) is 3.74. The van der Waals surface area contributed by atoms with E-state index in [0.29, 0.717) is 31.0 Å². The van der Waals surface area contributed by atoms with Crippen LogP contribution in [0.15, 0.2) is 53.4 Å². The largest absolute Gasteiger partial charge is 0.352 e. The van der Waals surface area contributed by atoms with E-state index >= 15 is 0 Å². The van der Waals surface area contributed by atoms with Gasteiger partial charge in [-0.3, -0.25) is 9.59 Å². The molecule has 10 heteroatoms. The number of rotatable bonds is 11. The van der Waals surface area contributed by atoms with Crippen LogP contribution in [0.1, 0.15) is 23.2 Å². The zero-order valence-electron chi connectivity index (χ0n) is 21.3. The van der Waals surface area contributed by atoms with Crippen molar-refractivity contribution in [1.29, 1.82) is 5.26 Å². The smallest absolute Gasteiger partial charge is 0.251 e. The Morgan fingerprint density at radius 2 is 1.72 bits per heavy atom. The van der Waals surface area contributed by atoms with Crippen molar-refractivity contribution in [2.75, 3.05) is 12.8 Å². The van der Waals surface area contributed by atoms with Gasteiger partial charge in [0.1, 0.15) is 5.54 Å². The summed E-state index contributed by atoms with van der Waals surface area (Å²) < 4.78 is 23.4. The van der Waals surface area contributed by atoms with Crippen LogP contribution in [0, 0.1) is 11.3 Å². The summed E-state index contributed by atoms with van der Waals surface area (Å²) in [7, 11) is -6.03. The Morgan fingerprint density at radius 1 is 1.06 bits per heavy atom. The average Bonchev–Trinajstić information content (AvgIpc) is 3.59. The fourth-order valence-corrected chi connectivity index (χ4v) is 10.1. The minimum absolute atomic E-state index is 0.00564. The number of nitrogens with zero attached hydrogens (tertiary/aromatic N) is 1. The second-order valence-electron chi connectivity index (χ2n) is 10.7. The molecule has 0 bridgehead atoms. The summed E-state index contributed by atoms with van der Waals surface area (Å²) in [6.45, 7) is 7.25. The topological polar surface area (TPSA) is 116 Å². The zero-order valence-corrected chi connectivity index (χ0v) is 24.2. The van der Waals surface area contributed by atoms with E-state index in [-0.39, 0.29) is 16.3 Å².